The van der Waals surface area contributed by atoms with Crippen molar-refractivity contribution in [1.29, 1.82) is 0 Å². The molecule has 0 spiro atoms. The highest BCUT2D eigenvalue weighted by Gasteiger charge is 2.38. The van der Waals surface area contributed by atoms with Crippen LogP contribution < -0.4 is 5.32 Å². The third-order valence-corrected chi connectivity index (χ3v) is 5.61. The second-order valence-corrected chi connectivity index (χ2v) is 7.78. The lowest BCUT2D eigenvalue weighted by Crippen LogP contribution is -2.50. The number of rotatable bonds is 12. The van der Waals surface area contributed by atoms with E-state index in [1.54, 1.807) is 0 Å². The van der Waals surface area contributed by atoms with Crippen molar-refractivity contribution in [2.75, 3.05) is 0 Å². The summed E-state index contributed by atoms with van der Waals surface area (Å²) in [6, 6.07) is 18.2. The Hall–Kier alpha value is -2.62. The summed E-state index contributed by atoms with van der Waals surface area (Å²) >= 11 is 0. The predicted octanol–water partition coefficient (Wildman–Crippen LogP) is 5.31. The van der Waals surface area contributed by atoms with Gasteiger partial charge in [0.25, 0.3) is 0 Å². The van der Waals surface area contributed by atoms with Gasteiger partial charge in [-0.3, -0.25) is 4.79 Å². The van der Waals surface area contributed by atoms with Crippen LogP contribution in [0.3, 0.4) is 0 Å². The van der Waals surface area contributed by atoms with Crippen LogP contribution in [0, 0.1) is 0 Å². The van der Waals surface area contributed by atoms with Gasteiger partial charge in [0, 0.05) is 0 Å². The van der Waals surface area contributed by atoms with Crippen LogP contribution in [0.15, 0.2) is 60.7 Å². The average Bonchev–Trinajstić information content (AvgIpc) is 2.75. The fourth-order valence-electron chi connectivity index (χ4n) is 3.66. The zero-order valence-corrected chi connectivity index (χ0v) is 17.6. The molecule has 2 aromatic rings. The largest absolute Gasteiger partial charge is 0.480 e. The van der Waals surface area contributed by atoms with Gasteiger partial charge in [0.2, 0.25) is 5.91 Å². The van der Waals surface area contributed by atoms with E-state index in [0.717, 1.165) is 30.4 Å². The number of carbonyl (C=O) groups is 2. The van der Waals surface area contributed by atoms with E-state index >= 15 is 0 Å². The predicted molar refractivity (Wildman–Crippen MR) is 117 cm³/mol. The topological polar surface area (TPSA) is 66.4 Å². The molecule has 0 radical (unpaired) electrons. The number of aliphatic carboxylic acids is 1. The second-order valence-electron chi connectivity index (χ2n) is 7.78. The normalized spacial score (nSPS) is 12.3. The summed E-state index contributed by atoms with van der Waals surface area (Å²) in [4.78, 5) is 25.2. The molecule has 2 aromatic carbocycles. The average molecular weight is 396 g/mol. The fourth-order valence-corrected chi connectivity index (χ4v) is 3.66. The van der Waals surface area contributed by atoms with E-state index in [9.17, 15) is 14.7 Å². The first kappa shape index (κ1) is 22.7. The third-order valence-electron chi connectivity index (χ3n) is 5.61. The molecular formula is C25H33NO3. The van der Waals surface area contributed by atoms with Crippen molar-refractivity contribution >= 4 is 11.9 Å². The first-order valence-electron chi connectivity index (χ1n) is 10.6. The minimum Gasteiger partial charge on any atom is -0.480 e. The first-order chi connectivity index (χ1) is 14.0. The summed E-state index contributed by atoms with van der Waals surface area (Å²) in [6.07, 6.45) is 6.94. The number of unbranched alkanes of at least 4 members (excludes halogenated alkanes) is 5. The van der Waals surface area contributed by atoms with E-state index in [0.29, 0.717) is 6.42 Å². The standard InChI is InChI=1S/C25H33NO3/c1-3-4-5-6-7-14-19-22(23(27)28)26-24(29)25(2,20-15-10-8-11-16-20)21-17-12-9-13-18-21/h8-13,15-18,22H,3-7,14,19H2,1-2H3,(H,26,29)(H,27,28)/t22-/m1/s1. The molecule has 0 unspecified atom stereocenters. The van der Waals surface area contributed by atoms with Crippen molar-refractivity contribution in [3.8, 4) is 0 Å². The molecular weight excluding hydrogens is 362 g/mol. The quantitative estimate of drug-likeness (QED) is 0.479. The van der Waals surface area contributed by atoms with Crippen LogP contribution >= 0.6 is 0 Å². The molecule has 156 valence electrons. The summed E-state index contributed by atoms with van der Waals surface area (Å²) in [5.74, 6) is -1.26. The van der Waals surface area contributed by atoms with Crippen LogP contribution in [0.5, 0.6) is 0 Å². The molecule has 4 heteroatoms. The Morgan fingerprint density at radius 3 is 1.83 bits per heavy atom. The van der Waals surface area contributed by atoms with E-state index in [-0.39, 0.29) is 5.91 Å². The maximum Gasteiger partial charge on any atom is 0.326 e. The minimum atomic E-state index is -0.976. The van der Waals surface area contributed by atoms with Crippen molar-refractivity contribution in [2.45, 2.75) is 70.3 Å². The molecule has 2 rings (SSSR count). The van der Waals surface area contributed by atoms with Crippen LogP contribution in [-0.2, 0) is 15.0 Å². The Labute approximate surface area is 174 Å². The zero-order chi connectivity index (χ0) is 21.1. The molecule has 29 heavy (non-hydrogen) atoms. The smallest absolute Gasteiger partial charge is 0.326 e. The zero-order valence-electron chi connectivity index (χ0n) is 17.6. The van der Waals surface area contributed by atoms with Gasteiger partial charge in [0.15, 0.2) is 0 Å². The summed E-state index contributed by atoms with van der Waals surface area (Å²) in [6.45, 7) is 4.03. The Balaban J connectivity index is 2.14. The summed E-state index contributed by atoms with van der Waals surface area (Å²) in [7, 11) is 0. The van der Waals surface area contributed by atoms with Crippen LogP contribution in [0.25, 0.3) is 0 Å². The molecule has 0 aliphatic rings. The van der Waals surface area contributed by atoms with Crippen LogP contribution in [0.2, 0.25) is 0 Å². The number of carbonyl (C=O) groups excluding carboxylic acids is 1. The molecule has 4 nitrogen and oxygen atoms in total. The number of carboxylic acids is 1. The van der Waals surface area contributed by atoms with Gasteiger partial charge >= 0.3 is 5.97 Å². The Kier molecular flexibility index (Phi) is 8.91. The van der Waals surface area contributed by atoms with Crippen LogP contribution in [0.1, 0.15) is 69.9 Å². The number of carboxylic acid groups (broad SMARTS) is 1. The van der Waals surface area contributed by atoms with Crippen molar-refractivity contribution in [3.63, 3.8) is 0 Å². The molecule has 0 fully saturated rings. The molecule has 0 saturated carbocycles. The van der Waals surface area contributed by atoms with Crippen molar-refractivity contribution < 1.29 is 14.7 Å². The number of hydrogen-bond acceptors (Lipinski definition) is 2. The monoisotopic (exact) mass is 395 g/mol. The van der Waals surface area contributed by atoms with E-state index in [1.165, 1.54) is 19.3 Å². The van der Waals surface area contributed by atoms with E-state index < -0.39 is 17.4 Å². The van der Waals surface area contributed by atoms with Gasteiger partial charge in [0.1, 0.15) is 6.04 Å². The summed E-state index contributed by atoms with van der Waals surface area (Å²) in [5.41, 5.74) is 0.719. The lowest BCUT2D eigenvalue weighted by molar-refractivity contribution is -0.142. The van der Waals surface area contributed by atoms with Gasteiger partial charge in [-0.1, -0.05) is 106 Å². The van der Waals surface area contributed by atoms with E-state index in [4.69, 9.17) is 0 Å². The minimum absolute atomic E-state index is 0.284. The number of hydrogen-bond donors (Lipinski definition) is 2. The molecule has 0 aromatic heterocycles. The number of benzene rings is 2. The van der Waals surface area contributed by atoms with Gasteiger partial charge in [-0.2, -0.15) is 0 Å². The second kappa shape index (κ2) is 11.4. The van der Waals surface area contributed by atoms with Gasteiger partial charge in [-0.25, -0.2) is 4.79 Å². The van der Waals surface area contributed by atoms with Crippen molar-refractivity contribution in [1.82, 2.24) is 5.32 Å². The number of amides is 1. The fraction of sp³-hybridized carbons (Fsp3) is 0.440. The highest BCUT2D eigenvalue weighted by molar-refractivity contribution is 5.94. The summed E-state index contributed by atoms with van der Waals surface area (Å²) in [5, 5.41) is 12.5. The maximum atomic E-state index is 13.4. The third kappa shape index (κ3) is 6.18. The molecule has 0 heterocycles. The number of nitrogens with one attached hydrogen (secondary N) is 1. The van der Waals surface area contributed by atoms with Gasteiger partial charge in [-0.15, -0.1) is 0 Å². The molecule has 0 bridgehead atoms. The highest BCUT2D eigenvalue weighted by atomic mass is 16.4. The Morgan fingerprint density at radius 2 is 1.34 bits per heavy atom. The molecule has 1 atom stereocenters. The first-order valence-corrected chi connectivity index (χ1v) is 10.6. The lowest BCUT2D eigenvalue weighted by atomic mass is 9.75. The Bertz CT molecular complexity index is 719. The highest BCUT2D eigenvalue weighted by Crippen LogP contribution is 2.32. The van der Waals surface area contributed by atoms with E-state index in [2.05, 4.69) is 12.2 Å². The molecule has 0 aliphatic carbocycles. The van der Waals surface area contributed by atoms with E-state index in [1.807, 2.05) is 67.6 Å². The molecule has 2 N–H and O–H groups in total. The van der Waals surface area contributed by atoms with Crippen molar-refractivity contribution in [3.05, 3.63) is 71.8 Å². The van der Waals surface area contributed by atoms with Gasteiger partial charge < -0.3 is 10.4 Å². The van der Waals surface area contributed by atoms with Gasteiger partial charge in [-0.05, 0) is 24.5 Å². The molecule has 1 amide bonds. The van der Waals surface area contributed by atoms with Crippen molar-refractivity contribution in [2.24, 2.45) is 0 Å². The van der Waals surface area contributed by atoms with Gasteiger partial charge in [0.05, 0.1) is 5.41 Å². The molecule has 0 saturated heterocycles. The lowest BCUT2D eigenvalue weighted by Gasteiger charge is -2.31. The van der Waals surface area contributed by atoms with Crippen LogP contribution in [-0.4, -0.2) is 23.0 Å². The maximum absolute atomic E-state index is 13.4. The Morgan fingerprint density at radius 1 is 0.862 bits per heavy atom. The molecule has 0 aliphatic heterocycles. The SMILES string of the molecule is CCCCCCCC[C@@H](NC(=O)C(C)(c1ccccc1)c1ccccc1)C(=O)O. The van der Waals surface area contributed by atoms with Crippen LogP contribution in [0.4, 0.5) is 0 Å². The summed E-state index contributed by atoms with van der Waals surface area (Å²) < 4.78 is 0.